The number of aryl methyl sites for hydroxylation is 1. The third kappa shape index (κ3) is 3.27. The number of likely N-dealkylation sites (tertiary alicyclic amines) is 1. The molecule has 0 aromatic carbocycles. The minimum atomic E-state index is 0.694. The summed E-state index contributed by atoms with van der Waals surface area (Å²) in [7, 11) is 0. The van der Waals surface area contributed by atoms with Gasteiger partial charge in [-0.2, -0.15) is 0 Å². The molecule has 0 radical (unpaired) electrons. The molecule has 0 aliphatic carbocycles. The predicted octanol–water partition coefficient (Wildman–Crippen LogP) is 2.03. The van der Waals surface area contributed by atoms with Gasteiger partial charge in [-0.05, 0) is 26.3 Å². The van der Waals surface area contributed by atoms with Gasteiger partial charge in [0.2, 0.25) is 0 Å². The summed E-state index contributed by atoms with van der Waals surface area (Å²) in [6.07, 6.45) is 2.50. The van der Waals surface area contributed by atoms with Gasteiger partial charge in [-0.1, -0.05) is 6.92 Å². The molecule has 0 bridgehead atoms. The summed E-state index contributed by atoms with van der Waals surface area (Å²) in [5.74, 6) is 0. The molecule has 3 nitrogen and oxygen atoms in total. The van der Waals surface area contributed by atoms with E-state index in [4.69, 9.17) is 0 Å². The number of hydrogen-bond acceptors (Lipinski definition) is 4. The molecule has 1 aliphatic heterocycles. The molecule has 1 aliphatic rings. The molecular weight excluding hydrogens is 218 g/mol. The van der Waals surface area contributed by atoms with Gasteiger partial charge >= 0.3 is 0 Å². The van der Waals surface area contributed by atoms with E-state index in [0.29, 0.717) is 6.04 Å². The van der Waals surface area contributed by atoms with E-state index in [2.05, 4.69) is 34.4 Å². The van der Waals surface area contributed by atoms with Crippen LogP contribution >= 0.6 is 11.3 Å². The second-order valence-electron chi connectivity index (χ2n) is 4.53. The molecule has 2 rings (SSSR count). The summed E-state index contributed by atoms with van der Waals surface area (Å²) >= 11 is 1.75. The number of nitrogens with one attached hydrogen (secondary N) is 1. The fourth-order valence-electron chi connectivity index (χ4n) is 2.20. The monoisotopic (exact) mass is 239 g/mol. The van der Waals surface area contributed by atoms with Crippen LogP contribution in [0.1, 0.15) is 30.5 Å². The standard InChI is InChI=1S/C12H21N3S/c1-3-5-13-11-4-6-15(7-11)8-12-9-16-10(2)14-12/h9,11,13H,3-8H2,1-2H3. The average molecular weight is 239 g/mol. The Balaban J connectivity index is 1.76. The molecular formula is C12H21N3S. The van der Waals surface area contributed by atoms with Crippen molar-refractivity contribution in [2.75, 3.05) is 19.6 Å². The maximum absolute atomic E-state index is 4.52. The highest BCUT2D eigenvalue weighted by Gasteiger charge is 2.21. The zero-order valence-corrected chi connectivity index (χ0v) is 11.0. The lowest BCUT2D eigenvalue weighted by Gasteiger charge is -2.15. The Labute approximate surface area is 102 Å². The Morgan fingerprint density at radius 2 is 2.50 bits per heavy atom. The highest BCUT2D eigenvalue weighted by molar-refractivity contribution is 7.09. The van der Waals surface area contributed by atoms with Crippen molar-refractivity contribution in [3.05, 3.63) is 16.1 Å². The van der Waals surface area contributed by atoms with Crippen LogP contribution in [0.25, 0.3) is 0 Å². The number of aromatic nitrogens is 1. The summed E-state index contributed by atoms with van der Waals surface area (Å²) < 4.78 is 0. The first-order chi connectivity index (χ1) is 7.78. The molecule has 4 heteroatoms. The molecule has 1 atom stereocenters. The molecule has 0 spiro atoms. The van der Waals surface area contributed by atoms with E-state index in [1.54, 1.807) is 11.3 Å². The van der Waals surface area contributed by atoms with Crippen LogP contribution in [0.5, 0.6) is 0 Å². The van der Waals surface area contributed by atoms with Crippen molar-refractivity contribution in [1.82, 2.24) is 15.2 Å². The van der Waals surface area contributed by atoms with E-state index in [1.165, 1.54) is 36.6 Å². The first-order valence-electron chi connectivity index (χ1n) is 6.14. The van der Waals surface area contributed by atoms with E-state index in [-0.39, 0.29) is 0 Å². The Morgan fingerprint density at radius 1 is 1.62 bits per heavy atom. The number of nitrogens with zero attached hydrogens (tertiary/aromatic N) is 2. The first kappa shape index (κ1) is 12.0. The lowest BCUT2D eigenvalue weighted by molar-refractivity contribution is 0.317. The normalized spacial score (nSPS) is 21.8. The van der Waals surface area contributed by atoms with Crippen molar-refractivity contribution in [2.45, 2.75) is 39.3 Å². The molecule has 1 unspecified atom stereocenters. The highest BCUT2D eigenvalue weighted by Crippen LogP contribution is 2.15. The van der Waals surface area contributed by atoms with E-state index < -0.39 is 0 Å². The van der Waals surface area contributed by atoms with Crippen molar-refractivity contribution >= 4 is 11.3 Å². The fourth-order valence-corrected chi connectivity index (χ4v) is 2.81. The third-order valence-electron chi connectivity index (χ3n) is 3.01. The summed E-state index contributed by atoms with van der Waals surface area (Å²) in [4.78, 5) is 7.02. The van der Waals surface area contributed by atoms with Gasteiger partial charge in [0.1, 0.15) is 0 Å². The van der Waals surface area contributed by atoms with Gasteiger partial charge in [0.25, 0.3) is 0 Å². The molecule has 1 aromatic heterocycles. The zero-order valence-electron chi connectivity index (χ0n) is 10.2. The lowest BCUT2D eigenvalue weighted by Crippen LogP contribution is -2.32. The van der Waals surface area contributed by atoms with Crippen LogP contribution in [0.3, 0.4) is 0 Å². The van der Waals surface area contributed by atoms with Crippen molar-refractivity contribution in [3.8, 4) is 0 Å². The molecule has 0 amide bonds. The van der Waals surface area contributed by atoms with Gasteiger partial charge in [-0.15, -0.1) is 11.3 Å². The molecule has 0 saturated carbocycles. The molecule has 16 heavy (non-hydrogen) atoms. The summed E-state index contributed by atoms with van der Waals surface area (Å²) in [6, 6.07) is 0.694. The maximum atomic E-state index is 4.52. The summed E-state index contributed by atoms with van der Waals surface area (Å²) in [5, 5.41) is 6.95. The highest BCUT2D eigenvalue weighted by atomic mass is 32.1. The number of hydrogen-bond donors (Lipinski definition) is 1. The molecule has 90 valence electrons. The van der Waals surface area contributed by atoms with Crippen LogP contribution in [-0.4, -0.2) is 35.6 Å². The van der Waals surface area contributed by atoms with E-state index in [0.717, 1.165) is 13.1 Å². The van der Waals surface area contributed by atoms with Gasteiger partial charge in [0.15, 0.2) is 0 Å². The third-order valence-corrected chi connectivity index (χ3v) is 3.83. The molecule has 1 fully saturated rings. The largest absolute Gasteiger partial charge is 0.313 e. The topological polar surface area (TPSA) is 28.2 Å². The van der Waals surface area contributed by atoms with Crippen LogP contribution in [0.4, 0.5) is 0 Å². The SMILES string of the molecule is CCCNC1CCN(Cc2csc(C)n2)C1. The number of rotatable bonds is 5. The summed E-state index contributed by atoms with van der Waals surface area (Å²) in [6.45, 7) is 8.85. The molecule has 1 N–H and O–H groups in total. The van der Waals surface area contributed by atoms with Crippen LogP contribution in [0.15, 0.2) is 5.38 Å². The zero-order chi connectivity index (χ0) is 11.4. The van der Waals surface area contributed by atoms with Gasteiger partial charge in [0, 0.05) is 31.1 Å². The minimum Gasteiger partial charge on any atom is -0.313 e. The average Bonchev–Trinajstić information content (AvgIpc) is 2.86. The summed E-state index contributed by atoms with van der Waals surface area (Å²) in [5.41, 5.74) is 1.23. The van der Waals surface area contributed by atoms with Crippen molar-refractivity contribution in [3.63, 3.8) is 0 Å². The Hall–Kier alpha value is -0.450. The Bertz CT molecular complexity index is 324. The maximum Gasteiger partial charge on any atom is 0.0897 e. The van der Waals surface area contributed by atoms with Crippen molar-refractivity contribution in [2.24, 2.45) is 0 Å². The van der Waals surface area contributed by atoms with Crippen molar-refractivity contribution in [1.29, 1.82) is 0 Å². The van der Waals surface area contributed by atoms with Gasteiger partial charge in [0.05, 0.1) is 10.7 Å². The van der Waals surface area contributed by atoms with Gasteiger partial charge in [-0.3, -0.25) is 4.90 Å². The van der Waals surface area contributed by atoms with Crippen LogP contribution < -0.4 is 5.32 Å². The van der Waals surface area contributed by atoms with E-state index >= 15 is 0 Å². The predicted molar refractivity (Wildman–Crippen MR) is 68.8 cm³/mol. The molecule has 2 heterocycles. The van der Waals surface area contributed by atoms with Crippen LogP contribution in [0, 0.1) is 6.92 Å². The van der Waals surface area contributed by atoms with Crippen molar-refractivity contribution < 1.29 is 0 Å². The molecule has 1 saturated heterocycles. The smallest absolute Gasteiger partial charge is 0.0897 e. The van der Waals surface area contributed by atoms with E-state index in [1.807, 2.05) is 0 Å². The quantitative estimate of drug-likeness (QED) is 0.852. The van der Waals surface area contributed by atoms with Gasteiger partial charge in [-0.25, -0.2) is 4.98 Å². The first-order valence-corrected chi connectivity index (χ1v) is 7.02. The molecule has 1 aromatic rings. The lowest BCUT2D eigenvalue weighted by atomic mass is 10.2. The number of thiazole rings is 1. The Morgan fingerprint density at radius 3 is 3.19 bits per heavy atom. The minimum absolute atomic E-state index is 0.694. The fraction of sp³-hybridized carbons (Fsp3) is 0.750. The second kappa shape index (κ2) is 5.75. The van der Waals surface area contributed by atoms with Crippen LogP contribution in [0.2, 0.25) is 0 Å². The van der Waals surface area contributed by atoms with Crippen LogP contribution in [-0.2, 0) is 6.54 Å². The second-order valence-corrected chi connectivity index (χ2v) is 5.59. The van der Waals surface area contributed by atoms with Gasteiger partial charge < -0.3 is 5.32 Å². The Kier molecular flexibility index (Phi) is 4.32. The van der Waals surface area contributed by atoms with E-state index in [9.17, 15) is 0 Å².